The van der Waals surface area contributed by atoms with Crippen molar-refractivity contribution in [3.63, 3.8) is 0 Å². The van der Waals surface area contributed by atoms with Gasteiger partial charge in [0.25, 0.3) is 0 Å². The Morgan fingerprint density at radius 2 is 2.11 bits per heavy atom. The van der Waals surface area contributed by atoms with Gasteiger partial charge in [-0.05, 0) is 38.5 Å². The van der Waals surface area contributed by atoms with Crippen LogP contribution in [0.15, 0.2) is 47.8 Å². The number of amides is 1. The number of anilines is 1. The molecule has 0 aliphatic rings. The maximum Gasteiger partial charge on any atom is 0.238 e. The predicted octanol–water partition coefficient (Wildman–Crippen LogP) is 4.83. The van der Waals surface area contributed by atoms with E-state index in [4.69, 9.17) is 11.6 Å². The van der Waals surface area contributed by atoms with Crippen molar-refractivity contribution in [2.45, 2.75) is 44.1 Å². The second-order valence-corrected chi connectivity index (χ2v) is 8.18. The van der Waals surface area contributed by atoms with Gasteiger partial charge < -0.3 is 9.88 Å². The number of nitrogens with zero attached hydrogens (tertiary/aromatic N) is 4. The van der Waals surface area contributed by atoms with Gasteiger partial charge in [0.1, 0.15) is 5.82 Å². The van der Waals surface area contributed by atoms with E-state index in [1.807, 2.05) is 19.1 Å². The van der Waals surface area contributed by atoms with E-state index in [0.29, 0.717) is 10.8 Å². The highest BCUT2D eigenvalue weighted by Gasteiger charge is 2.21. The van der Waals surface area contributed by atoms with Gasteiger partial charge in [0, 0.05) is 18.3 Å². The highest BCUT2D eigenvalue weighted by molar-refractivity contribution is 8.00. The van der Waals surface area contributed by atoms with Crippen LogP contribution >= 0.6 is 23.4 Å². The molecule has 146 valence electrons. The van der Waals surface area contributed by atoms with E-state index in [1.54, 1.807) is 12.1 Å². The van der Waals surface area contributed by atoms with E-state index in [1.165, 1.54) is 23.5 Å². The molecule has 0 fully saturated rings. The minimum absolute atomic E-state index is 0.150. The Labute approximate surface area is 173 Å². The smallest absolute Gasteiger partial charge is 0.238 e. The molecule has 0 bridgehead atoms. The van der Waals surface area contributed by atoms with Crippen molar-refractivity contribution in [3.05, 3.63) is 53.2 Å². The van der Waals surface area contributed by atoms with Crippen molar-refractivity contribution in [2.75, 3.05) is 5.32 Å². The topological polar surface area (TPSA) is 72.7 Å². The van der Waals surface area contributed by atoms with Gasteiger partial charge in [-0.25, -0.2) is 4.98 Å². The van der Waals surface area contributed by atoms with Crippen LogP contribution in [-0.4, -0.2) is 30.9 Å². The van der Waals surface area contributed by atoms with Crippen molar-refractivity contribution < 1.29 is 4.79 Å². The van der Waals surface area contributed by atoms with Gasteiger partial charge >= 0.3 is 0 Å². The molecule has 3 aromatic rings. The molecule has 0 saturated heterocycles. The van der Waals surface area contributed by atoms with E-state index in [2.05, 4.69) is 51.0 Å². The summed E-state index contributed by atoms with van der Waals surface area (Å²) in [4.78, 5) is 16.6. The summed E-state index contributed by atoms with van der Waals surface area (Å²) in [5, 5.41) is 12.4. The van der Waals surface area contributed by atoms with Crippen molar-refractivity contribution in [2.24, 2.45) is 0 Å². The molecule has 2 heterocycles. The molecule has 1 N–H and O–H groups in total. The summed E-state index contributed by atoms with van der Waals surface area (Å²) in [7, 11) is 0. The quantitative estimate of drug-likeness (QED) is 0.559. The highest BCUT2D eigenvalue weighted by atomic mass is 35.5. The van der Waals surface area contributed by atoms with Crippen LogP contribution in [0.4, 0.5) is 5.82 Å². The molecule has 1 atom stereocenters. The zero-order valence-corrected chi connectivity index (χ0v) is 17.6. The zero-order chi connectivity index (χ0) is 20.1. The van der Waals surface area contributed by atoms with Gasteiger partial charge in [-0.3, -0.25) is 4.79 Å². The van der Waals surface area contributed by atoms with E-state index in [0.717, 1.165) is 29.5 Å². The molecule has 0 radical (unpaired) electrons. The zero-order valence-electron chi connectivity index (χ0n) is 16.0. The Balaban J connectivity index is 1.77. The number of rotatable bonds is 7. The third-order valence-electron chi connectivity index (χ3n) is 4.07. The molecule has 2 aromatic heterocycles. The second-order valence-electron chi connectivity index (χ2n) is 6.44. The average molecular weight is 416 g/mol. The molecule has 0 saturated carbocycles. The fourth-order valence-electron chi connectivity index (χ4n) is 2.69. The Kier molecular flexibility index (Phi) is 6.70. The molecule has 0 spiro atoms. The lowest BCUT2D eigenvalue weighted by Gasteiger charge is -2.13. The number of pyridine rings is 1. The Morgan fingerprint density at radius 3 is 2.79 bits per heavy atom. The summed E-state index contributed by atoms with van der Waals surface area (Å²) in [5.41, 5.74) is 2.19. The van der Waals surface area contributed by atoms with Gasteiger partial charge in [0.15, 0.2) is 11.0 Å². The van der Waals surface area contributed by atoms with Crippen LogP contribution in [0, 0.1) is 6.92 Å². The minimum Gasteiger partial charge on any atom is -0.310 e. The van der Waals surface area contributed by atoms with Crippen molar-refractivity contribution in [3.8, 4) is 11.4 Å². The standard InChI is InChI=1S/C20H22ClN5OS/c1-4-10-26-18(15-7-5-6-13(2)11-15)24-25-20(26)28-14(3)19(27)23-17-9-8-16(21)12-22-17/h5-9,11-12,14H,4,10H2,1-3H3,(H,22,23,27)/t14-/m0/s1. The van der Waals surface area contributed by atoms with Crippen LogP contribution in [0.25, 0.3) is 11.4 Å². The minimum atomic E-state index is -0.359. The van der Waals surface area contributed by atoms with Crippen LogP contribution < -0.4 is 5.32 Å². The van der Waals surface area contributed by atoms with Crippen LogP contribution in [0.2, 0.25) is 5.02 Å². The number of carbonyl (C=O) groups excluding carboxylic acids is 1. The third kappa shape index (κ3) is 4.91. The average Bonchev–Trinajstić information content (AvgIpc) is 3.06. The maximum absolute atomic E-state index is 12.5. The van der Waals surface area contributed by atoms with Crippen LogP contribution in [0.3, 0.4) is 0 Å². The first-order chi connectivity index (χ1) is 13.5. The first kappa shape index (κ1) is 20.4. The lowest BCUT2D eigenvalue weighted by molar-refractivity contribution is -0.115. The number of carbonyl (C=O) groups is 1. The summed E-state index contributed by atoms with van der Waals surface area (Å²) < 4.78 is 2.07. The molecule has 3 rings (SSSR count). The summed E-state index contributed by atoms with van der Waals surface area (Å²) in [6, 6.07) is 11.5. The van der Waals surface area contributed by atoms with Crippen LogP contribution in [0.1, 0.15) is 25.8 Å². The molecule has 8 heteroatoms. The number of halogens is 1. The maximum atomic E-state index is 12.5. The van der Waals surface area contributed by atoms with Gasteiger partial charge in [-0.2, -0.15) is 0 Å². The van der Waals surface area contributed by atoms with Crippen molar-refractivity contribution in [1.82, 2.24) is 19.7 Å². The fourth-order valence-corrected chi connectivity index (χ4v) is 3.67. The third-order valence-corrected chi connectivity index (χ3v) is 5.37. The lowest BCUT2D eigenvalue weighted by Crippen LogP contribution is -2.23. The molecule has 1 aromatic carbocycles. The number of benzene rings is 1. The number of aryl methyl sites for hydroxylation is 1. The number of thioether (sulfide) groups is 1. The Hall–Kier alpha value is -2.38. The molecule has 1 amide bonds. The first-order valence-corrected chi connectivity index (χ1v) is 10.3. The predicted molar refractivity (Wildman–Crippen MR) is 114 cm³/mol. The fraction of sp³-hybridized carbons (Fsp3) is 0.300. The first-order valence-electron chi connectivity index (χ1n) is 9.07. The Morgan fingerprint density at radius 1 is 1.29 bits per heavy atom. The van der Waals surface area contributed by atoms with E-state index in [9.17, 15) is 4.79 Å². The molecule has 28 heavy (non-hydrogen) atoms. The SMILES string of the molecule is CCCn1c(S[C@@H](C)C(=O)Nc2ccc(Cl)cn2)nnc1-c1cccc(C)c1. The molecular weight excluding hydrogens is 394 g/mol. The van der Waals surface area contributed by atoms with Crippen molar-refractivity contribution in [1.29, 1.82) is 0 Å². The lowest BCUT2D eigenvalue weighted by atomic mass is 10.1. The largest absolute Gasteiger partial charge is 0.310 e. The monoisotopic (exact) mass is 415 g/mol. The highest BCUT2D eigenvalue weighted by Crippen LogP contribution is 2.28. The number of aromatic nitrogens is 4. The molecule has 0 unspecified atom stereocenters. The molecule has 6 nitrogen and oxygen atoms in total. The van der Waals surface area contributed by atoms with Crippen molar-refractivity contribution >= 4 is 35.1 Å². The van der Waals surface area contributed by atoms with Gasteiger partial charge in [0.2, 0.25) is 5.91 Å². The summed E-state index contributed by atoms with van der Waals surface area (Å²) in [5.74, 6) is 1.14. The van der Waals surface area contributed by atoms with Gasteiger partial charge in [-0.1, -0.05) is 54.0 Å². The number of hydrogen-bond donors (Lipinski definition) is 1. The molecule has 0 aliphatic carbocycles. The van der Waals surface area contributed by atoms with Gasteiger partial charge in [0.05, 0.1) is 10.3 Å². The van der Waals surface area contributed by atoms with E-state index < -0.39 is 0 Å². The normalized spacial score (nSPS) is 12.0. The van der Waals surface area contributed by atoms with E-state index in [-0.39, 0.29) is 11.2 Å². The number of hydrogen-bond acceptors (Lipinski definition) is 5. The number of nitrogens with one attached hydrogen (secondary N) is 1. The van der Waals surface area contributed by atoms with Crippen LogP contribution in [0.5, 0.6) is 0 Å². The van der Waals surface area contributed by atoms with Gasteiger partial charge in [-0.15, -0.1) is 10.2 Å². The molecular formula is C20H22ClN5OS. The second kappa shape index (κ2) is 9.21. The summed E-state index contributed by atoms with van der Waals surface area (Å²) in [6.45, 7) is 6.78. The van der Waals surface area contributed by atoms with Crippen LogP contribution in [-0.2, 0) is 11.3 Å². The Bertz CT molecular complexity index is 957. The summed E-state index contributed by atoms with van der Waals surface area (Å²) >= 11 is 7.21. The molecule has 0 aliphatic heterocycles. The van der Waals surface area contributed by atoms with E-state index >= 15 is 0 Å². The summed E-state index contributed by atoms with van der Waals surface area (Å²) in [6.07, 6.45) is 2.45.